The number of benzene rings is 1. The Labute approximate surface area is 146 Å². The highest BCUT2D eigenvalue weighted by Gasteiger charge is 2.24. The number of amides is 1. The van der Waals surface area contributed by atoms with Crippen LogP contribution in [0.4, 0.5) is 5.69 Å². The number of anilines is 1. The smallest absolute Gasteiger partial charge is 0.255 e. The summed E-state index contributed by atoms with van der Waals surface area (Å²) in [6, 6.07) is 7.44. The highest BCUT2D eigenvalue weighted by Crippen LogP contribution is 2.27. The Kier molecular flexibility index (Phi) is 5.60. The van der Waals surface area contributed by atoms with E-state index < -0.39 is 15.9 Å². The number of nitrogens with zero attached hydrogens (tertiary/aromatic N) is 2. The standard InChI is InChI=1S/C16H19N3O5S/c1-19(2)25(21,22)14-9-11(5-7-13(14)23-3)16(20)18-12-6-8-15(24-4)17-10-12/h5-10H,1-4H3,(H,18,20). The van der Waals surface area contributed by atoms with E-state index in [1.165, 1.54) is 52.7 Å². The van der Waals surface area contributed by atoms with E-state index >= 15 is 0 Å². The van der Waals surface area contributed by atoms with Gasteiger partial charge in [-0.15, -0.1) is 0 Å². The molecule has 0 aliphatic rings. The second-order valence-electron chi connectivity index (χ2n) is 5.20. The van der Waals surface area contributed by atoms with Crippen molar-refractivity contribution in [2.45, 2.75) is 4.90 Å². The number of nitrogens with one attached hydrogen (secondary N) is 1. The molecule has 8 nitrogen and oxygen atoms in total. The number of pyridine rings is 1. The van der Waals surface area contributed by atoms with Crippen LogP contribution in [-0.4, -0.2) is 51.9 Å². The van der Waals surface area contributed by atoms with Gasteiger partial charge in [0.05, 0.1) is 26.1 Å². The largest absolute Gasteiger partial charge is 0.495 e. The molecule has 1 amide bonds. The number of aromatic nitrogens is 1. The predicted molar refractivity (Wildman–Crippen MR) is 92.6 cm³/mol. The van der Waals surface area contributed by atoms with Crippen molar-refractivity contribution in [2.24, 2.45) is 0 Å². The average molecular weight is 365 g/mol. The van der Waals surface area contributed by atoms with Gasteiger partial charge in [0.25, 0.3) is 5.91 Å². The summed E-state index contributed by atoms with van der Waals surface area (Å²) in [6.45, 7) is 0. The predicted octanol–water partition coefficient (Wildman–Crippen LogP) is 1.60. The van der Waals surface area contributed by atoms with Gasteiger partial charge in [0.2, 0.25) is 15.9 Å². The minimum Gasteiger partial charge on any atom is -0.495 e. The first-order valence-electron chi connectivity index (χ1n) is 7.21. The fourth-order valence-corrected chi connectivity index (χ4v) is 3.07. The molecule has 0 fully saturated rings. The molecule has 1 heterocycles. The lowest BCUT2D eigenvalue weighted by molar-refractivity contribution is 0.102. The summed E-state index contributed by atoms with van der Waals surface area (Å²) in [4.78, 5) is 16.3. The van der Waals surface area contributed by atoms with E-state index in [-0.39, 0.29) is 16.2 Å². The van der Waals surface area contributed by atoms with Gasteiger partial charge in [-0.1, -0.05) is 0 Å². The van der Waals surface area contributed by atoms with E-state index in [0.717, 1.165) is 4.31 Å². The fraction of sp³-hybridized carbons (Fsp3) is 0.250. The Bertz CT molecular complexity index is 864. The van der Waals surface area contributed by atoms with Gasteiger partial charge in [-0.25, -0.2) is 17.7 Å². The molecule has 0 atom stereocenters. The fourth-order valence-electron chi connectivity index (χ4n) is 1.99. The van der Waals surface area contributed by atoms with Gasteiger partial charge in [-0.3, -0.25) is 4.79 Å². The number of hydrogen-bond acceptors (Lipinski definition) is 6. The Morgan fingerprint density at radius 2 is 1.84 bits per heavy atom. The van der Waals surface area contributed by atoms with Gasteiger partial charge in [0.1, 0.15) is 10.6 Å². The van der Waals surface area contributed by atoms with Gasteiger partial charge >= 0.3 is 0 Å². The Morgan fingerprint density at radius 3 is 2.36 bits per heavy atom. The second-order valence-corrected chi connectivity index (χ2v) is 7.32. The highest BCUT2D eigenvalue weighted by atomic mass is 32.2. The van der Waals surface area contributed by atoms with Crippen LogP contribution >= 0.6 is 0 Å². The zero-order valence-corrected chi connectivity index (χ0v) is 15.1. The molecule has 2 aromatic rings. The van der Waals surface area contributed by atoms with Crippen molar-refractivity contribution in [3.63, 3.8) is 0 Å². The maximum atomic E-state index is 12.4. The summed E-state index contributed by atoms with van der Waals surface area (Å²) in [6.07, 6.45) is 1.44. The Hall–Kier alpha value is -2.65. The van der Waals surface area contributed by atoms with Crippen LogP contribution < -0.4 is 14.8 Å². The van der Waals surface area contributed by atoms with E-state index in [9.17, 15) is 13.2 Å². The van der Waals surface area contributed by atoms with Crippen LogP contribution in [0.3, 0.4) is 0 Å². The van der Waals surface area contributed by atoms with Crippen molar-refractivity contribution in [3.05, 3.63) is 42.1 Å². The summed E-state index contributed by atoms with van der Waals surface area (Å²) in [5.41, 5.74) is 0.635. The van der Waals surface area contributed by atoms with E-state index in [1.54, 1.807) is 12.1 Å². The minimum atomic E-state index is -3.76. The van der Waals surface area contributed by atoms with Crippen LogP contribution in [0.5, 0.6) is 11.6 Å². The molecular formula is C16H19N3O5S. The second kappa shape index (κ2) is 7.49. The van der Waals surface area contributed by atoms with Crippen molar-refractivity contribution >= 4 is 21.6 Å². The molecule has 2 rings (SSSR count). The quantitative estimate of drug-likeness (QED) is 0.835. The van der Waals surface area contributed by atoms with Crippen molar-refractivity contribution in [2.75, 3.05) is 33.6 Å². The van der Waals surface area contributed by atoms with E-state index in [2.05, 4.69) is 10.3 Å². The summed E-state index contributed by atoms with van der Waals surface area (Å²) in [5, 5.41) is 2.65. The van der Waals surface area contributed by atoms with Gasteiger partial charge in [0, 0.05) is 25.7 Å². The maximum absolute atomic E-state index is 12.4. The molecule has 1 aromatic carbocycles. The molecule has 0 saturated carbocycles. The van der Waals surface area contributed by atoms with E-state index in [1.807, 2.05) is 0 Å². The van der Waals surface area contributed by atoms with Gasteiger partial charge < -0.3 is 14.8 Å². The number of ether oxygens (including phenoxy) is 2. The van der Waals surface area contributed by atoms with Crippen LogP contribution in [-0.2, 0) is 10.0 Å². The summed E-state index contributed by atoms with van der Waals surface area (Å²) in [5.74, 6) is 0.114. The highest BCUT2D eigenvalue weighted by molar-refractivity contribution is 7.89. The zero-order chi connectivity index (χ0) is 18.6. The Balaban J connectivity index is 2.34. The number of sulfonamides is 1. The summed E-state index contributed by atoms with van der Waals surface area (Å²) < 4.78 is 35.9. The Morgan fingerprint density at radius 1 is 1.12 bits per heavy atom. The van der Waals surface area contributed by atoms with Crippen LogP contribution in [0.2, 0.25) is 0 Å². The molecule has 0 saturated heterocycles. The van der Waals surface area contributed by atoms with E-state index in [4.69, 9.17) is 9.47 Å². The van der Waals surface area contributed by atoms with Crippen molar-refractivity contribution in [1.29, 1.82) is 0 Å². The number of rotatable bonds is 6. The zero-order valence-electron chi connectivity index (χ0n) is 14.3. The molecule has 9 heteroatoms. The first-order valence-corrected chi connectivity index (χ1v) is 8.65. The third-order valence-electron chi connectivity index (χ3n) is 3.39. The molecule has 0 aliphatic carbocycles. The third-order valence-corrected chi connectivity index (χ3v) is 5.22. The topological polar surface area (TPSA) is 97.8 Å². The molecule has 1 aromatic heterocycles. The van der Waals surface area contributed by atoms with Gasteiger partial charge in [-0.05, 0) is 24.3 Å². The van der Waals surface area contributed by atoms with Crippen LogP contribution in [0.15, 0.2) is 41.4 Å². The number of hydrogen-bond donors (Lipinski definition) is 1. The average Bonchev–Trinajstić information content (AvgIpc) is 2.61. The third kappa shape index (κ3) is 4.06. The van der Waals surface area contributed by atoms with E-state index in [0.29, 0.717) is 11.6 Å². The maximum Gasteiger partial charge on any atom is 0.255 e. The van der Waals surface area contributed by atoms with Crippen molar-refractivity contribution in [1.82, 2.24) is 9.29 Å². The summed E-state index contributed by atoms with van der Waals surface area (Å²) in [7, 11) is 1.92. The number of methoxy groups -OCH3 is 2. The first-order chi connectivity index (χ1) is 11.8. The monoisotopic (exact) mass is 365 g/mol. The molecule has 0 aliphatic heterocycles. The minimum absolute atomic E-state index is 0.0829. The first kappa shape index (κ1) is 18.7. The van der Waals surface area contributed by atoms with Crippen molar-refractivity contribution in [3.8, 4) is 11.6 Å². The molecule has 25 heavy (non-hydrogen) atoms. The van der Waals surface area contributed by atoms with Crippen LogP contribution in [0, 0.1) is 0 Å². The lowest BCUT2D eigenvalue weighted by Crippen LogP contribution is -2.23. The van der Waals surface area contributed by atoms with Crippen LogP contribution in [0.25, 0.3) is 0 Å². The number of carbonyl (C=O) groups is 1. The van der Waals surface area contributed by atoms with Gasteiger partial charge in [-0.2, -0.15) is 0 Å². The molecule has 134 valence electrons. The molecule has 0 spiro atoms. The number of carbonyl (C=O) groups excluding carboxylic acids is 1. The summed E-state index contributed by atoms with van der Waals surface area (Å²) >= 11 is 0. The SMILES string of the molecule is COc1ccc(NC(=O)c2ccc(OC)c(S(=O)(=O)N(C)C)c2)cn1. The lowest BCUT2D eigenvalue weighted by Gasteiger charge is -2.15. The molecule has 0 radical (unpaired) electrons. The molecule has 1 N–H and O–H groups in total. The lowest BCUT2D eigenvalue weighted by atomic mass is 10.2. The van der Waals surface area contributed by atoms with Gasteiger partial charge in [0.15, 0.2) is 0 Å². The molecule has 0 unspecified atom stereocenters. The van der Waals surface area contributed by atoms with Crippen molar-refractivity contribution < 1.29 is 22.7 Å². The molecular weight excluding hydrogens is 346 g/mol. The normalized spacial score (nSPS) is 11.2. The van der Waals surface area contributed by atoms with Crippen LogP contribution in [0.1, 0.15) is 10.4 Å². The molecule has 0 bridgehead atoms.